The van der Waals surface area contributed by atoms with Gasteiger partial charge in [-0.1, -0.05) is 78.9 Å². The molecule has 0 aliphatic carbocycles. The quantitative estimate of drug-likeness (QED) is 0.639. The van der Waals surface area contributed by atoms with Crippen LogP contribution in [-0.2, 0) is 11.3 Å². The molecule has 3 nitrogen and oxygen atoms in total. The molecule has 26 heavy (non-hydrogen) atoms. The summed E-state index contributed by atoms with van der Waals surface area (Å²) >= 11 is 5.73. The summed E-state index contributed by atoms with van der Waals surface area (Å²) in [6.07, 6.45) is 0. The van der Waals surface area contributed by atoms with Crippen molar-refractivity contribution in [2.45, 2.75) is 12.6 Å². The van der Waals surface area contributed by atoms with Crippen molar-refractivity contribution in [1.82, 2.24) is 4.90 Å². The molecule has 4 rings (SSSR count). The maximum absolute atomic E-state index is 13.3. The van der Waals surface area contributed by atoms with E-state index in [-0.39, 0.29) is 5.91 Å². The molecule has 0 unspecified atom stereocenters. The van der Waals surface area contributed by atoms with E-state index in [1.807, 2.05) is 83.8 Å². The van der Waals surface area contributed by atoms with Crippen molar-refractivity contribution in [3.8, 4) is 0 Å². The number of anilines is 1. The molecule has 1 heterocycles. The van der Waals surface area contributed by atoms with Crippen LogP contribution in [0.4, 0.5) is 5.69 Å². The lowest BCUT2D eigenvalue weighted by Gasteiger charge is -2.24. The predicted molar refractivity (Wildman–Crippen MR) is 108 cm³/mol. The van der Waals surface area contributed by atoms with Gasteiger partial charge >= 0.3 is 0 Å². The molecule has 0 N–H and O–H groups in total. The largest absolute Gasteiger partial charge is 0.328 e. The minimum Gasteiger partial charge on any atom is -0.328 e. The zero-order valence-electron chi connectivity index (χ0n) is 14.2. The predicted octanol–water partition coefficient (Wildman–Crippen LogP) is 4.56. The van der Waals surface area contributed by atoms with Crippen LogP contribution in [0.15, 0.2) is 91.0 Å². The number of nitrogens with zero attached hydrogens (tertiary/aromatic N) is 2. The van der Waals surface area contributed by atoms with E-state index in [9.17, 15) is 4.79 Å². The minimum atomic E-state index is -0.413. The van der Waals surface area contributed by atoms with Crippen LogP contribution in [0, 0.1) is 0 Å². The third-order valence-electron chi connectivity index (χ3n) is 4.53. The van der Waals surface area contributed by atoms with Gasteiger partial charge in [-0.05, 0) is 35.5 Å². The Morgan fingerprint density at radius 1 is 0.769 bits per heavy atom. The van der Waals surface area contributed by atoms with Crippen molar-refractivity contribution in [1.29, 1.82) is 0 Å². The van der Waals surface area contributed by atoms with Crippen molar-refractivity contribution in [2.75, 3.05) is 4.90 Å². The normalized spacial score (nSPS) is 17.0. The Hall–Kier alpha value is -2.98. The highest BCUT2D eigenvalue weighted by Gasteiger charge is 2.43. The number of rotatable bonds is 4. The van der Waals surface area contributed by atoms with E-state index in [0.29, 0.717) is 11.7 Å². The Labute approximate surface area is 158 Å². The number of hydrogen-bond acceptors (Lipinski definition) is 2. The number of hydrogen-bond donors (Lipinski definition) is 0. The maximum Gasteiger partial charge on any atom is 0.260 e. The first kappa shape index (κ1) is 16.5. The Morgan fingerprint density at radius 2 is 1.31 bits per heavy atom. The number of thiocarbonyl (C=S) groups is 1. The van der Waals surface area contributed by atoms with E-state index in [4.69, 9.17) is 12.2 Å². The van der Waals surface area contributed by atoms with Gasteiger partial charge in [-0.3, -0.25) is 9.69 Å². The van der Waals surface area contributed by atoms with E-state index in [0.717, 1.165) is 16.8 Å². The van der Waals surface area contributed by atoms with Crippen molar-refractivity contribution in [3.05, 3.63) is 102 Å². The smallest absolute Gasteiger partial charge is 0.260 e. The summed E-state index contributed by atoms with van der Waals surface area (Å²) in [5, 5.41) is 0.541. The Bertz CT molecular complexity index is 913. The Balaban J connectivity index is 1.76. The fraction of sp³-hybridized carbons (Fsp3) is 0.0909. The molecule has 1 fully saturated rings. The minimum absolute atomic E-state index is 0.0108. The summed E-state index contributed by atoms with van der Waals surface area (Å²) in [5.74, 6) is -0.0108. The molecule has 1 aliphatic heterocycles. The molecule has 1 saturated heterocycles. The van der Waals surface area contributed by atoms with Crippen LogP contribution in [0.1, 0.15) is 17.2 Å². The van der Waals surface area contributed by atoms with Crippen LogP contribution in [0.2, 0.25) is 0 Å². The van der Waals surface area contributed by atoms with Gasteiger partial charge in [0.15, 0.2) is 5.11 Å². The van der Waals surface area contributed by atoms with Crippen LogP contribution in [-0.4, -0.2) is 15.9 Å². The van der Waals surface area contributed by atoms with Gasteiger partial charge in [-0.25, -0.2) is 0 Å². The van der Waals surface area contributed by atoms with E-state index >= 15 is 0 Å². The number of carbonyl (C=O) groups excluding carboxylic acids is 1. The molecule has 128 valence electrons. The molecular weight excluding hydrogens is 340 g/mol. The lowest BCUT2D eigenvalue weighted by atomic mass is 10.1. The second-order valence-corrected chi connectivity index (χ2v) is 6.58. The molecule has 1 aliphatic rings. The maximum atomic E-state index is 13.3. The highest BCUT2D eigenvalue weighted by molar-refractivity contribution is 7.80. The molecule has 4 heteroatoms. The molecule has 0 saturated carbocycles. The average molecular weight is 358 g/mol. The monoisotopic (exact) mass is 358 g/mol. The molecule has 1 amide bonds. The van der Waals surface area contributed by atoms with Crippen molar-refractivity contribution in [2.24, 2.45) is 0 Å². The van der Waals surface area contributed by atoms with Gasteiger partial charge in [0.25, 0.3) is 5.91 Å². The number of carbonyl (C=O) groups is 1. The molecule has 0 aromatic heterocycles. The highest BCUT2D eigenvalue weighted by atomic mass is 32.1. The first-order chi connectivity index (χ1) is 12.8. The molecule has 3 aromatic carbocycles. The van der Waals surface area contributed by atoms with E-state index in [1.54, 1.807) is 4.90 Å². The molecule has 3 aromatic rings. The van der Waals surface area contributed by atoms with Crippen LogP contribution in [0.3, 0.4) is 0 Å². The standard InChI is InChI=1S/C22H18N2OS/c25-21-20(18-12-6-2-7-13-18)23(16-17-10-4-1-5-11-17)22(26)24(21)19-14-8-3-9-15-19/h1-15,20H,16H2/t20-/m0/s1. The Kier molecular flexibility index (Phi) is 4.50. The first-order valence-corrected chi connectivity index (χ1v) is 8.95. The molecule has 0 bridgehead atoms. The van der Waals surface area contributed by atoms with Gasteiger partial charge in [0.2, 0.25) is 0 Å². The summed E-state index contributed by atoms with van der Waals surface area (Å²) in [6, 6.07) is 29.1. The number of amides is 1. The van der Waals surface area contributed by atoms with Gasteiger partial charge in [-0.15, -0.1) is 0 Å². The Morgan fingerprint density at radius 3 is 1.92 bits per heavy atom. The van der Waals surface area contributed by atoms with Gasteiger partial charge in [-0.2, -0.15) is 0 Å². The second kappa shape index (κ2) is 7.10. The lowest BCUT2D eigenvalue weighted by Crippen LogP contribution is -2.32. The van der Waals surface area contributed by atoms with Crippen molar-refractivity contribution < 1.29 is 4.79 Å². The zero-order chi connectivity index (χ0) is 17.9. The summed E-state index contributed by atoms with van der Waals surface area (Å²) < 4.78 is 0. The third-order valence-corrected chi connectivity index (χ3v) is 4.95. The topological polar surface area (TPSA) is 23.6 Å². The fourth-order valence-corrected chi connectivity index (χ4v) is 3.67. The first-order valence-electron chi connectivity index (χ1n) is 8.54. The lowest BCUT2D eigenvalue weighted by molar-refractivity contribution is -0.120. The molecule has 0 radical (unpaired) electrons. The zero-order valence-corrected chi connectivity index (χ0v) is 15.0. The van der Waals surface area contributed by atoms with Crippen LogP contribution < -0.4 is 4.90 Å². The second-order valence-electron chi connectivity index (χ2n) is 6.22. The number of para-hydroxylation sites is 1. The summed E-state index contributed by atoms with van der Waals surface area (Å²) in [6.45, 7) is 0.592. The van der Waals surface area contributed by atoms with E-state index in [2.05, 4.69) is 12.1 Å². The SMILES string of the molecule is O=C1[C@H](c2ccccc2)N(Cc2ccccc2)C(=S)N1c1ccccc1. The van der Waals surface area contributed by atoms with Crippen molar-refractivity contribution in [3.63, 3.8) is 0 Å². The molecular formula is C22H18N2OS. The third kappa shape index (κ3) is 3.00. The van der Waals surface area contributed by atoms with Crippen LogP contribution in [0.5, 0.6) is 0 Å². The van der Waals surface area contributed by atoms with Crippen molar-refractivity contribution >= 4 is 28.9 Å². The van der Waals surface area contributed by atoms with Gasteiger partial charge in [0.1, 0.15) is 6.04 Å². The molecule has 0 spiro atoms. The summed E-state index contributed by atoms with van der Waals surface area (Å²) in [4.78, 5) is 17.0. The van der Waals surface area contributed by atoms with E-state index < -0.39 is 6.04 Å². The van der Waals surface area contributed by atoms with Crippen LogP contribution >= 0.6 is 12.2 Å². The number of benzene rings is 3. The average Bonchev–Trinajstić information content (AvgIpc) is 2.94. The van der Waals surface area contributed by atoms with Gasteiger partial charge < -0.3 is 4.90 Å². The van der Waals surface area contributed by atoms with E-state index in [1.165, 1.54) is 0 Å². The summed E-state index contributed by atoms with van der Waals surface area (Å²) in [7, 11) is 0. The van der Waals surface area contributed by atoms with Crippen LogP contribution in [0.25, 0.3) is 0 Å². The van der Waals surface area contributed by atoms with Gasteiger partial charge in [0, 0.05) is 6.54 Å². The highest BCUT2D eigenvalue weighted by Crippen LogP contribution is 2.35. The molecule has 1 atom stereocenters. The fourth-order valence-electron chi connectivity index (χ4n) is 3.30. The van der Waals surface area contributed by atoms with Gasteiger partial charge in [0.05, 0.1) is 5.69 Å². The summed E-state index contributed by atoms with van der Waals surface area (Å²) in [5.41, 5.74) is 2.88.